The molecule has 0 fully saturated rings. The zero-order valence-electron chi connectivity index (χ0n) is 15.8. The van der Waals surface area contributed by atoms with Crippen molar-refractivity contribution in [2.75, 3.05) is 17.7 Å². The highest BCUT2D eigenvalue weighted by atomic mass is 16.5. The van der Waals surface area contributed by atoms with E-state index in [1.54, 1.807) is 42.5 Å². The van der Waals surface area contributed by atoms with E-state index in [0.29, 0.717) is 22.5 Å². The molecule has 0 saturated heterocycles. The molecule has 29 heavy (non-hydrogen) atoms. The van der Waals surface area contributed by atoms with Gasteiger partial charge in [0.25, 0.3) is 5.91 Å². The number of carbonyl (C=O) groups excluding carboxylic acids is 3. The highest BCUT2D eigenvalue weighted by Gasteiger charge is 2.11. The van der Waals surface area contributed by atoms with Gasteiger partial charge in [-0.1, -0.05) is 42.5 Å². The average molecular weight is 388 g/mol. The van der Waals surface area contributed by atoms with Crippen molar-refractivity contribution in [1.29, 1.82) is 0 Å². The summed E-state index contributed by atoms with van der Waals surface area (Å²) in [5.74, 6) is -1.03. The molecule has 0 aliphatic heterocycles. The lowest BCUT2D eigenvalue weighted by molar-refractivity contribution is -0.115. The predicted octanol–water partition coefficient (Wildman–Crippen LogP) is 3.91. The van der Waals surface area contributed by atoms with Crippen LogP contribution >= 0.6 is 0 Å². The number of rotatable bonds is 6. The SMILES string of the molecule is COC(=O)c1cccc(C(=O)Nc2cccc(NC(=O)Cc3ccccc3)c2)c1. The van der Waals surface area contributed by atoms with Crippen molar-refractivity contribution in [3.05, 3.63) is 95.6 Å². The Kier molecular flexibility index (Phi) is 6.37. The van der Waals surface area contributed by atoms with Crippen LogP contribution in [0.5, 0.6) is 0 Å². The molecule has 0 spiro atoms. The molecule has 3 aromatic carbocycles. The molecule has 2 N–H and O–H groups in total. The van der Waals surface area contributed by atoms with E-state index in [4.69, 9.17) is 0 Å². The fourth-order valence-electron chi connectivity index (χ4n) is 2.77. The van der Waals surface area contributed by atoms with Crippen LogP contribution < -0.4 is 10.6 Å². The van der Waals surface area contributed by atoms with E-state index in [9.17, 15) is 14.4 Å². The number of benzene rings is 3. The van der Waals surface area contributed by atoms with Gasteiger partial charge in [-0.3, -0.25) is 9.59 Å². The number of anilines is 2. The summed E-state index contributed by atoms with van der Waals surface area (Å²) in [7, 11) is 1.28. The van der Waals surface area contributed by atoms with Crippen LogP contribution in [-0.4, -0.2) is 24.9 Å². The summed E-state index contributed by atoms with van der Waals surface area (Å²) in [6.07, 6.45) is 0.262. The first-order valence-corrected chi connectivity index (χ1v) is 8.99. The van der Waals surface area contributed by atoms with Crippen LogP contribution in [0.25, 0.3) is 0 Å². The highest BCUT2D eigenvalue weighted by molar-refractivity contribution is 6.06. The molecule has 0 aliphatic carbocycles. The molecule has 146 valence electrons. The monoisotopic (exact) mass is 388 g/mol. The number of nitrogens with one attached hydrogen (secondary N) is 2. The number of methoxy groups -OCH3 is 1. The summed E-state index contributed by atoms with van der Waals surface area (Å²) in [5, 5.41) is 5.59. The number of hydrogen-bond donors (Lipinski definition) is 2. The predicted molar refractivity (Wildman–Crippen MR) is 111 cm³/mol. The van der Waals surface area contributed by atoms with Crippen LogP contribution in [0.3, 0.4) is 0 Å². The van der Waals surface area contributed by atoms with Crippen LogP contribution in [0.2, 0.25) is 0 Å². The van der Waals surface area contributed by atoms with E-state index >= 15 is 0 Å². The Labute approximate surface area is 168 Å². The van der Waals surface area contributed by atoms with Gasteiger partial charge in [-0.05, 0) is 42.0 Å². The van der Waals surface area contributed by atoms with Crippen LogP contribution in [0.1, 0.15) is 26.3 Å². The van der Waals surface area contributed by atoms with E-state index < -0.39 is 5.97 Å². The standard InChI is InChI=1S/C23H20N2O4/c1-29-23(28)18-10-5-9-17(14-18)22(27)25-20-12-6-11-19(15-20)24-21(26)13-16-7-3-2-4-8-16/h2-12,14-15H,13H2,1H3,(H,24,26)(H,25,27). The third kappa shape index (κ3) is 5.52. The molecule has 0 unspecified atom stereocenters. The average Bonchev–Trinajstić information content (AvgIpc) is 2.74. The number of hydrogen-bond acceptors (Lipinski definition) is 4. The Balaban J connectivity index is 1.66. The lowest BCUT2D eigenvalue weighted by atomic mass is 10.1. The smallest absolute Gasteiger partial charge is 0.337 e. The second kappa shape index (κ2) is 9.32. The molecular formula is C23H20N2O4. The minimum Gasteiger partial charge on any atom is -0.465 e. The molecule has 6 heteroatoms. The number of amides is 2. The molecule has 0 atom stereocenters. The molecule has 3 rings (SSSR count). The maximum Gasteiger partial charge on any atom is 0.337 e. The van der Waals surface area contributed by atoms with Crippen molar-refractivity contribution < 1.29 is 19.1 Å². The van der Waals surface area contributed by atoms with Crippen LogP contribution in [0, 0.1) is 0 Å². The van der Waals surface area contributed by atoms with Gasteiger partial charge < -0.3 is 15.4 Å². The Bertz CT molecular complexity index is 1030. The van der Waals surface area contributed by atoms with Gasteiger partial charge in [-0.25, -0.2) is 4.79 Å². The lowest BCUT2D eigenvalue weighted by Crippen LogP contribution is -2.15. The van der Waals surface area contributed by atoms with Gasteiger partial charge in [0.2, 0.25) is 5.91 Å². The van der Waals surface area contributed by atoms with E-state index in [0.717, 1.165) is 5.56 Å². The Hall–Kier alpha value is -3.93. The molecule has 6 nitrogen and oxygen atoms in total. The number of carbonyl (C=O) groups is 3. The van der Waals surface area contributed by atoms with E-state index in [1.165, 1.54) is 13.2 Å². The zero-order chi connectivity index (χ0) is 20.6. The van der Waals surface area contributed by atoms with Crippen LogP contribution in [-0.2, 0) is 16.0 Å². The summed E-state index contributed by atoms with van der Waals surface area (Å²) < 4.78 is 4.67. The van der Waals surface area contributed by atoms with Gasteiger partial charge in [0.1, 0.15) is 0 Å². The molecular weight excluding hydrogens is 368 g/mol. The van der Waals surface area contributed by atoms with Gasteiger partial charge in [0.15, 0.2) is 0 Å². The third-order valence-electron chi connectivity index (χ3n) is 4.16. The van der Waals surface area contributed by atoms with E-state index in [1.807, 2.05) is 30.3 Å². The molecule has 0 saturated carbocycles. The second-order valence-electron chi connectivity index (χ2n) is 6.32. The molecule has 0 bridgehead atoms. The summed E-state index contributed by atoms with van der Waals surface area (Å²) in [6, 6.07) is 22.6. The quantitative estimate of drug-likeness (QED) is 0.627. The molecule has 0 radical (unpaired) electrons. The fourth-order valence-corrected chi connectivity index (χ4v) is 2.77. The maximum absolute atomic E-state index is 12.5. The first kappa shape index (κ1) is 19.8. The Morgan fingerprint density at radius 1 is 0.759 bits per heavy atom. The van der Waals surface area contributed by atoms with E-state index in [2.05, 4.69) is 15.4 Å². The second-order valence-corrected chi connectivity index (χ2v) is 6.32. The van der Waals surface area contributed by atoms with Crippen molar-refractivity contribution in [3.63, 3.8) is 0 Å². The van der Waals surface area contributed by atoms with Crippen molar-refractivity contribution in [2.45, 2.75) is 6.42 Å². The topological polar surface area (TPSA) is 84.5 Å². The summed E-state index contributed by atoms with van der Waals surface area (Å²) in [5.41, 5.74) is 2.64. The van der Waals surface area contributed by atoms with Gasteiger partial charge in [-0.2, -0.15) is 0 Å². The Morgan fingerprint density at radius 2 is 1.41 bits per heavy atom. The summed E-state index contributed by atoms with van der Waals surface area (Å²) >= 11 is 0. The van der Waals surface area contributed by atoms with Gasteiger partial charge in [-0.15, -0.1) is 0 Å². The van der Waals surface area contributed by atoms with Crippen LogP contribution in [0.4, 0.5) is 11.4 Å². The lowest BCUT2D eigenvalue weighted by Gasteiger charge is -2.10. The normalized spacial score (nSPS) is 10.1. The maximum atomic E-state index is 12.5. The molecule has 0 aromatic heterocycles. The van der Waals surface area contributed by atoms with Crippen molar-refractivity contribution >= 4 is 29.2 Å². The fraction of sp³-hybridized carbons (Fsp3) is 0.0870. The Morgan fingerprint density at radius 3 is 2.14 bits per heavy atom. The molecule has 2 amide bonds. The molecule has 0 heterocycles. The molecule has 0 aliphatic rings. The minimum atomic E-state index is -0.511. The van der Waals surface area contributed by atoms with Gasteiger partial charge in [0.05, 0.1) is 19.1 Å². The van der Waals surface area contributed by atoms with Crippen LogP contribution in [0.15, 0.2) is 78.9 Å². The van der Waals surface area contributed by atoms with Crippen molar-refractivity contribution in [1.82, 2.24) is 0 Å². The minimum absolute atomic E-state index is 0.148. The van der Waals surface area contributed by atoms with Crippen molar-refractivity contribution in [2.24, 2.45) is 0 Å². The molecule has 3 aromatic rings. The summed E-state index contributed by atoms with van der Waals surface area (Å²) in [6.45, 7) is 0. The van der Waals surface area contributed by atoms with Gasteiger partial charge in [0, 0.05) is 16.9 Å². The van der Waals surface area contributed by atoms with Crippen molar-refractivity contribution in [3.8, 4) is 0 Å². The first-order chi connectivity index (χ1) is 14.0. The third-order valence-corrected chi connectivity index (χ3v) is 4.16. The van der Waals surface area contributed by atoms with Gasteiger partial charge >= 0.3 is 5.97 Å². The van der Waals surface area contributed by atoms with E-state index in [-0.39, 0.29) is 18.2 Å². The highest BCUT2D eigenvalue weighted by Crippen LogP contribution is 2.17. The summed E-state index contributed by atoms with van der Waals surface area (Å²) in [4.78, 5) is 36.4. The number of ether oxygens (including phenoxy) is 1. The zero-order valence-corrected chi connectivity index (χ0v) is 15.8. The first-order valence-electron chi connectivity index (χ1n) is 8.99. The number of esters is 1. The largest absolute Gasteiger partial charge is 0.465 e.